The molecule has 0 spiro atoms. The fourth-order valence-corrected chi connectivity index (χ4v) is 4.19. The molecule has 0 aromatic rings. The van der Waals surface area contributed by atoms with Crippen LogP contribution in [-0.2, 0) is 28.5 Å². The van der Waals surface area contributed by atoms with Crippen molar-refractivity contribution in [1.82, 2.24) is 0 Å². The summed E-state index contributed by atoms with van der Waals surface area (Å²) in [6.45, 7) is 7.44. The van der Waals surface area contributed by atoms with Crippen molar-refractivity contribution in [3.63, 3.8) is 0 Å². The van der Waals surface area contributed by atoms with Gasteiger partial charge in [0.1, 0.15) is 0 Å². The summed E-state index contributed by atoms with van der Waals surface area (Å²) in [5.74, 6) is 0.604. The maximum Gasteiger partial charge on any atom is 0.311 e. The van der Waals surface area contributed by atoms with Crippen LogP contribution >= 0.6 is 0 Å². The highest BCUT2D eigenvalue weighted by atomic mass is 16.7. The van der Waals surface area contributed by atoms with Gasteiger partial charge in [-0.1, -0.05) is 0 Å². The second kappa shape index (κ2) is 11.8. The molecule has 0 aliphatic heterocycles. The van der Waals surface area contributed by atoms with Gasteiger partial charge < -0.3 is 18.9 Å². The van der Waals surface area contributed by atoms with Crippen LogP contribution in [0.4, 0.5) is 0 Å². The molecule has 2 aliphatic rings. The highest BCUT2D eigenvalue weighted by Gasteiger charge is 2.32. The molecule has 0 heterocycles. The maximum atomic E-state index is 12.3. The molecule has 0 N–H and O–H groups in total. The molecule has 0 aromatic carbocycles. The van der Waals surface area contributed by atoms with Gasteiger partial charge >= 0.3 is 11.9 Å². The minimum absolute atomic E-state index is 0.0798. The third-order valence-corrected chi connectivity index (χ3v) is 6.08. The number of carbonyl (C=O) groups is 2. The van der Waals surface area contributed by atoms with E-state index in [9.17, 15) is 9.59 Å². The minimum atomic E-state index is -0.521. The number of esters is 2. The first-order valence-corrected chi connectivity index (χ1v) is 10.9. The molecule has 28 heavy (non-hydrogen) atoms. The minimum Gasteiger partial charge on any atom is -0.469 e. The number of carbonyl (C=O) groups excluding carboxylic acids is 2. The van der Waals surface area contributed by atoms with Gasteiger partial charge in [0.2, 0.25) is 0 Å². The number of hydrogen-bond acceptors (Lipinski definition) is 6. The summed E-state index contributed by atoms with van der Waals surface area (Å²) in [5, 5.41) is 0. The topological polar surface area (TPSA) is 71.1 Å². The second-order valence-corrected chi connectivity index (χ2v) is 8.68. The highest BCUT2D eigenvalue weighted by Crippen LogP contribution is 2.31. The van der Waals surface area contributed by atoms with Gasteiger partial charge in [0.05, 0.1) is 31.7 Å². The van der Waals surface area contributed by atoms with E-state index in [1.807, 2.05) is 0 Å². The lowest BCUT2D eigenvalue weighted by molar-refractivity contribution is -0.184. The third-order valence-electron chi connectivity index (χ3n) is 6.08. The molecule has 0 aromatic heterocycles. The summed E-state index contributed by atoms with van der Waals surface area (Å²) in [6.07, 6.45) is 7.14. The molecule has 2 rings (SSSR count). The molecule has 0 amide bonds. The molecule has 2 saturated carbocycles. The van der Waals surface area contributed by atoms with Gasteiger partial charge in [-0.3, -0.25) is 9.59 Å². The molecule has 0 bridgehead atoms. The predicted molar refractivity (Wildman–Crippen MR) is 106 cm³/mol. The molecule has 1 unspecified atom stereocenters. The van der Waals surface area contributed by atoms with Crippen LogP contribution in [0.1, 0.15) is 72.1 Å². The highest BCUT2D eigenvalue weighted by molar-refractivity contribution is 5.75. The Bertz CT molecular complexity index is 475. The Labute approximate surface area is 169 Å². The van der Waals surface area contributed by atoms with Crippen LogP contribution in [0.15, 0.2) is 0 Å². The van der Waals surface area contributed by atoms with E-state index in [1.165, 1.54) is 20.0 Å². The van der Waals surface area contributed by atoms with Gasteiger partial charge in [0, 0.05) is 6.61 Å². The van der Waals surface area contributed by atoms with Crippen LogP contribution in [-0.4, -0.2) is 44.7 Å². The van der Waals surface area contributed by atoms with Crippen LogP contribution < -0.4 is 0 Å². The molecule has 6 heteroatoms. The molecular formula is C22H38O6. The maximum absolute atomic E-state index is 12.3. The van der Waals surface area contributed by atoms with Gasteiger partial charge in [0.15, 0.2) is 6.29 Å². The zero-order valence-electron chi connectivity index (χ0n) is 18.0. The van der Waals surface area contributed by atoms with Crippen molar-refractivity contribution < 1.29 is 28.5 Å². The quantitative estimate of drug-likeness (QED) is 0.430. The van der Waals surface area contributed by atoms with Crippen LogP contribution in [0.25, 0.3) is 0 Å². The molecule has 0 radical (unpaired) electrons. The SMILES string of the molecule is COC(=O)C1CCC(C(=O)OC(C)OCC2CCC(COC(C)C)CC2)CC1. The van der Waals surface area contributed by atoms with Crippen molar-refractivity contribution in [2.75, 3.05) is 20.3 Å². The first kappa shape index (κ1) is 23.1. The fraction of sp³-hybridized carbons (Fsp3) is 0.909. The lowest BCUT2D eigenvalue weighted by Crippen LogP contribution is -2.31. The molecule has 1 atom stereocenters. The average Bonchev–Trinajstić information content (AvgIpc) is 2.71. The molecule has 2 fully saturated rings. The predicted octanol–water partition coefficient (Wildman–Crippen LogP) is 4.10. The fourth-order valence-electron chi connectivity index (χ4n) is 4.19. The monoisotopic (exact) mass is 398 g/mol. The summed E-state index contributed by atoms with van der Waals surface area (Å²) >= 11 is 0. The largest absolute Gasteiger partial charge is 0.469 e. The van der Waals surface area contributed by atoms with Crippen LogP contribution in [0, 0.1) is 23.7 Å². The van der Waals surface area contributed by atoms with Gasteiger partial charge in [-0.25, -0.2) is 0 Å². The van der Waals surface area contributed by atoms with Gasteiger partial charge in [-0.2, -0.15) is 0 Å². The van der Waals surface area contributed by atoms with E-state index in [0.29, 0.717) is 50.2 Å². The average molecular weight is 399 g/mol. The normalized spacial score (nSPS) is 29.3. The molecule has 162 valence electrons. The Morgan fingerprint density at radius 2 is 1.21 bits per heavy atom. The smallest absolute Gasteiger partial charge is 0.311 e. The van der Waals surface area contributed by atoms with Crippen LogP contribution in [0.5, 0.6) is 0 Å². The Hall–Kier alpha value is -1.14. The summed E-state index contributed by atoms with van der Waals surface area (Å²) < 4.78 is 21.8. The van der Waals surface area contributed by atoms with E-state index in [4.69, 9.17) is 18.9 Å². The molecular weight excluding hydrogens is 360 g/mol. The van der Waals surface area contributed by atoms with E-state index in [1.54, 1.807) is 6.92 Å². The number of hydrogen-bond donors (Lipinski definition) is 0. The summed E-state index contributed by atoms with van der Waals surface area (Å²) in [7, 11) is 1.41. The lowest BCUT2D eigenvalue weighted by Gasteiger charge is -2.30. The first-order chi connectivity index (χ1) is 13.4. The Morgan fingerprint density at radius 1 is 0.750 bits per heavy atom. The molecule has 2 aliphatic carbocycles. The van der Waals surface area contributed by atoms with Gasteiger partial charge in [-0.05, 0) is 84.0 Å². The Morgan fingerprint density at radius 3 is 1.68 bits per heavy atom. The van der Waals surface area contributed by atoms with Crippen molar-refractivity contribution in [3.8, 4) is 0 Å². The second-order valence-electron chi connectivity index (χ2n) is 8.68. The first-order valence-electron chi connectivity index (χ1n) is 10.9. The van der Waals surface area contributed by atoms with Gasteiger partial charge in [0.25, 0.3) is 0 Å². The summed E-state index contributed by atoms with van der Waals surface area (Å²) in [4.78, 5) is 23.9. The lowest BCUT2D eigenvalue weighted by atomic mass is 9.82. The Balaban J connectivity index is 1.59. The van der Waals surface area contributed by atoms with E-state index >= 15 is 0 Å². The van der Waals surface area contributed by atoms with Gasteiger partial charge in [-0.15, -0.1) is 0 Å². The van der Waals surface area contributed by atoms with Crippen molar-refractivity contribution in [2.45, 2.75) is 84.5 Å². The summed E-state index contributed by atoms with van der Waals surface area (Å²) in [6, 6.07) is 0. The van der Waals surface area contributed by atoms with E-state index in [-0.39, 0.29) is 23.8 Å². The van der Waals surface area contributed by atoms with Crippen LogP contribution in [0.2, 0.25) is 0 Å². The molecule has 6 nitrogen and oxygen atoms in total. The zero-order chi connectivity index (χ0) is 20.5. The van der Waals surface area contributed by atoms with Crippen molar-refractivity contribution in [2.24, 2.45) is 23.7 Å². The van der Waals surface area contributed by atoms with Crippen molar-refractivity contribution >= 4 is 11.9 Å². The number of ether oxygens (including phenoxy) is 4. The summed E-state index contributed by atoms with van der Waals surface area (Å²) in [5.41, 5.74) is 0. The van der Waals surface area contributed by atoms with E-state index in [2.05, 4.69) is 13.8 Å². The number of rotatable bonds is 9. The van der Waals surface area contributed by atoms with E-state index < -0.39 is 6.29 Å². The third kappa shape index (κ3) is 7.70. The molecule has 0 saturated heterocycles. The zero-order valence-corrected chi connectivity index (χ0v) is 18.0. The standard InChI is InChI=1S/C22H38O6/c1-15(2)26-13-17-5-7-18(8-6-17)14-27-16(3)28-22(24)20-11-9-19(10-12-20)21(23)25-4/h15-20H,5-14H2,1-4H3. The Kier molecular flexibility index (Phi) is 9.72. The van der Waals surface area contributed by atoms with Crippen LogP contribution in [0.3, 0.4) is 0 Å². The van der Waals surface area contributed by atoms with Crippen molar-refractivity contribution in [3.05, 3.63) is 0 Å². The van der Waals surface area contributed by atoms with Crippen molar-refractivity contribution in [1.29, 1.82) is 0 Å². The van der Waals surface area contributed by atoms with E-state index in [0.717, 1.165) is 19.4 Å². The number of methoxy groups -OCH3 is 1.